The van der Waals surface area contributed by atoms with Crippen LogP contribution in [-0.2, 0) is 6.18 Å². The molecule has 1 unspecified atom stereocenters. The van der Waals surface area contributed by atoms with Crippen molar-refractivity contribution in [2.45, 2.75) is 19.1 Å². The maximum atomic E-state index is 12.7. The SMILES string of the molecule is CC(N)c1c(C(F)(F)F)ccc2c1OCO2. The van der Waals surface area contributed by atoms with Crippen LogP contribution in [0.4, 0.5) is 13.2 Å². The summed E-state index contributed by atoms with van der Waals surface area (Å²) in [4.78, 5) is 0. The van der Waals surface area contributed by atoms with Crippen molar-refractivity contribution in [2.75, 3.05) is 6.79 Å². The van der Waals surface area contributed by atoms with Gasteiger partial charge in [0.05, 0.1) is 5.56 Å². The minimum Gasteiger partial charge on any atom is -0.454 e. The predicted molar refractivity (Wildman–Crippen MR) is 50.2 cm³/mol. The average Bonchev–Trinajstić information content (AvgIpc) is 2.61. The normalized spacial score (nSPS) is 16.3. The highest BCUT2D eigenvalue weighted by molar-refractivity contribution is 5.54. The summed E-state index contributed by atoms with van der Waals surface area (Å²) in [6.45, 7) is 1.41. The van der Waals surface area contributed by atoms with Gasteiger partial charge in [-0.25, -0.2) is 0 Å². The van der Waals surface area contributed by atoms with Gasteiger partial charge in [0.15, 0.2) is 11.5 Å². The number of hydrogen-bond acceptors (Lipinski definition) is 3. The second kappa shape index (κ2) is 3.55. The lowest BCUT2D eigenvalue weighted by atomic mass is 10.00. The van der Waals surface area contributed by atoms with Gasteiger partial charge < -0.3 is 15.2 Å². The summed E-state index contributed by atoms with van der Waals surface area (Å²) in [5.74, 6) is 0.408. The second-order valence-corrected chi connectivity index (χ2v) is 3.55. The highest BCUT2D eigenvalue weighted by atomic mass is 19.4. The van der Waals surface area contributed by atoms with Crippen LogP contribution in [-0.4, -0.2) is 6.79 Å². The molecule has 0 bridgehead atoms. The zero-order valence-electron chi connectivity index (χ0n) is 8.47. The van der Waals surface area contributed by atoms with Gasteiger partial charge in [0, 0.05) is 11.6 Å². The summed E-state index contributed by atoms with van der Waals surface area (Å²) in [6, 6.07) is 1.44. The Bertz CT molecular complexity index is 415. The van der Waals surface area contributed by atoms with Crippen LogP contribution in [0.25, 0.3) is 0 Å². The fourth-order valence-corrected chi connectivity index (χ4v) is 1.69. The van der Waals surface area contributed by atoms with Crippen molar-refractivity contribution in [1.82, 2.24) is 0 Å². The molecule has 0 amide bonds. The number of fused-ring (bicyclic) bond motifs is 1. The molecule has 1 heterocycles. The maximum Gasteiger partial charge on any atom is 0.416 e. The highest BCUT2D eigenvalue weighted by Crippen LogP contribution is 2.45. The van der Waals surface area contributed by atoms with Gasteiger partial charge in [-0.15, -0.1) is 0 Å². The number of benzene rings is 1. The molecule has 2 rings (SSSR count). The zero-order chi connectivity index (χ0) is 11.9. The first-order valence-electron chi connectivity index (χ1n) is 4.66. The Morgan fingerprint density at radius 2 is 2.00 bits per heavy atom. The van der Waals surface area contributed by atoms with Crippen LogP contribution in [0.3, 0.4) is 0 Å². The van der Waals surface area contributed by atoms with Crippen LogP contribution in [0.5, 0.6) is 11.5 Å². The van der Waals surface area contributed by atoms with Crippen molar-refractivity contribution in [1.29, 1.82) is 0 Å². The summed E-state index contributed by atoms with van der Waals surface area (Å²) in [5, 5.41) is 0. The minimum absolute atomic E-state index is 0.0532. The monoisotopic (exact) mass is 233 g/mol. The Morgan fingerprint density at radius 3 is 2.56 bits per heavy atom. The molecule has 0 fully saturated rings. The van der Waals surface area contributed by atoms with Crippen molar-refractivity contribution in [3.63, 3.8) is 0 Å². The molecule has 1 aromatic rings. The van der Waals surface area contributed by atoms with Crippen LogP contribution >= 0.6 is 0 Å². The fourth-order valence-electron chi connectivity index (χ4n) is 1.69. The van der Waals surface area contributed by atoms with Crippen molar-refractivity contribution in [3.8, 4) is 11.5 Å². The van der Waals surface area contributed by atoms with Crippen molar-refractivity contribution in [3.05, 3.63) is 23.3 Å². The molecule has 2 N–H and O–H groups in total. The fraction of sp³-hybridized carbons (Fsp3) is 0.400. The van der Waals surface area contributed by atoms with Crippen molar-refractivity contribution < 1.29 is 22.6 Å². The Kier molecular flexibility index (Phi) is 2.46. The van der Waals surface area contributed by atoms with E-state index in [9.17, 15) is 13.2 Å². The molecule has 88 valence electrons. The Balaban J connectivity index is 2.63. The Morgan fingerprint density at radius 1 is 1.31 bits per heavy atom. The minimum atomic E-state index is -4.44. The standard InChI is InChI=1S/C10H10F3NO2/c1-5(14)8-6(10(11,12)13)2-3-7-9(8)16-4-15-7/h2-3,5H,4,14H2,1H3. The lowest BCUT2D eigenvalue weighted by Crippen LogP contribution is -2.15. The summed E-state index contributed by atoms with van der Waals surface area (Å²) in [6.07, 6.45) is -4.44. The number of halogens is 3. The van der Waals surface area contributed by atoms with Crippen LogP contribution < -0.4 is 15.2 Å². The molecule has 6 heteroatoms. The number of hydrogen-bond donors (Lipinski definition) is 1. The Hall–Kier alpha value is -1.43. The molecular formula is C10H10F3NO2. The highest BCUT2D eigenvalue weighted by Gasteiger charge is 2.37. The molecule has 1 aliphatic heterocycles. The lowest BCUT2D eigenvalue weighted by molar-refractivity contribution is -0.138. The molecule has 0 spiro atoms. The first-order valence-corrected chi connectivity index (χ1v) is 4.66. The van der Waals surface area contributed by atoms with Gasteiger partial charge >= 0.3 is 6.18 Å². The smallest absolute Gasteiger partial charge is 0.416 e. The largest absolute Gasteiger partial charge is 0.454 e. The summed E-state index contributed by atoms with van der Waals surface area (Å²) in [5.41, 5.74) is 4.72. The van der Waals surface area contributed by atoms with E-state index >= 15 is 0 Å². The van der Waals surface area contributed by atoms with E-state index < -0.39 is 17.8 Å². The third-order valence-electron chi connectivity index (χ3n) is 2.34. The maximum absolute atomic E-state index is 12.7. The van der Waals surface area contributed by atoms with E-state index in [1.54, 1.807) is 0 Å². The number of ether oxygens (including phenoxy) is 2. The van der Waals surface area contributed by atoms with E-state index in [1.807, 2.05) is 0 Å². The molecule has 16 heavy (non-hydrogen) atoms. The van der Waals surface area contributed by atoms with E-state index in [2.05, 4.69) is 0 Å². The van der Waals surface area contributed by atoms with Gasteiger partial charge in [-0.2, -0.15) is 13.2 Å². The van der Waals surface area contributed by atoms with Gasteiger partial charge in [0.25, 0.3) is 0 Å². The molecule has 0 saturated heterocycles. The zero-order valence-corrected chi connectivity index (χ0v) is 8.47. The summed E-state index contributed by atoms with van der Waals surface area (Å²) < 4.78 is 48.2. The third-order valence-corrected chi connectivity index (χ3v) is 2.34. The van der Waals surface area contributed by atoms with Crippen molar-refractivity contribution >= 4 is 0 Å². The Labute approximate surface area is 89.9 Å². The number of nitrogens with two attached hydrogens (primary N) is 1. The molecule has 1 aromatic carbocycles. The first kappa shape index (κ1) is 11.1. The second-order valence-electron chi connectivity index (χ2n) is 3.55. The van der Waals surface area contributed by atoms with Crippen LogP contribution in [0.2, 0.25) is 0 Å². The van der Waals surface area contributed by atoms with E-state index in [4.69, 9.17) is 15.2 Å². The van der Waals surface area contributed by atoms with E-state index in [-0.39, 0.29) is 18.1 Å². The van der Waals surface area contributed by atoms with Gasteiger partial charge in [-0.1, -0.05) is 0 Å². The van der Waals surface area contributed by atoms with Crippen LogP contribution in [0.1, 0.15) is 24.1 Å². The topological polar surface area (TPSA) is 44.5 Å². The molecule has 0 radical (unpaired) electrons. The van der Waals surface area contributed by atoms with Crippen LogP contribution in [0, 0.1) is 0 Å². The van der Waals surface area contributed by atoms with E-state index in [1.165, 1.54) is 13.0 Å². The van der Waals surface area contributed by atoms with E-state index in [0.29, 0.717) is 5.75 Å². The van der Waals surface area contributed by atoms with Gasteiger partial charge in [0.1, 0.15) is 0 Å². The molecule has 0 aliphatic carbocycles. The van der Waals surface area contributed by atoms with Gasteiger partial charge in [-0.3, -0.25) is 0 Å². The average molecular weight is 233 g/mol. The molecule has 0 saturated carbocycles. The summed E-state index contributed by atoms with van der Waals surface area (Å²) >= 11 is 0. The van der Waals surface area contributed by atoms with Crippen molar-refractivity contribution in [2.24, 2.45) is 5.73 Å². The van der Waals surface area contributed by atoms with Gasteiger partial charge in [0.2, 0.25) is 6.79 Å². The molecule has 0 aromatic heterocycles. The predicted octanol–water partition coefficient (Wildman–Crippen LogP) is 2.45. The molecular weight excluding hydrogens is 223 g/mol. The summed E-state index contributed by atoms with van der Waals surface area (Å²) in [7, 11) is 0. The molecule has 1 aliphatic rings. The third kappa shape index (κ3) is 1.69. The van der Waals surface area contributed by atoms with Gasteiger partial charge in [-0.05, 0) is 19.1 Å². The lowest BCUT2D eigenvalue weighted by Gasteiger charge is -2.17. The van der Waals surface area contributed by atoms with Crippen LogP contribution in [0.15, 0.2) is 12.1 Å². The molecule has 3 nitrogen and oxygen atoms in total. The first-order chi connectivity index (χ1) is 7.41. The number of alkyl halides is 3. The van der Waals surface area contributed by atoms with E-state index in [0.717, 1.165) is 6.07 Å². The quantitative estimate of drug-likeness (QED) is 0.810. The number of rotatable bonds is 1. The molecule has 1 atom stereocenters.